The van der Waals surface area contributed by atoms with Crippen molar-refractivity contribution in [2.24, 2.45) is 4.99 Å². The summed E-state index contributed by atoms with van der Waals surface area (Å²) in [5.74, 6) is 2.06. The molecule has 150 valence electrons. The zero-order valence-electron chi connectivity index (χ0n) is 16.4. The van der Waals surface area contributed by atoms with E-state index >= 15 is 0 Å². The van der Waals surface area contributed by atoms with E-state index in [1.165, 1.54) is 0 Å². The number of aryl methyl sites for hydroxylation is 1. The van der Waals surface area contributed by atoms with Crippen molar-refractivity contribution < 1.29 is 14.3 Å². The van der Waals surface area contributed by atoms with E-state index in [0.29, 0.717) is 24.9 Å². The smallest absolute Gasteiger partial charge is 0.191 e. The molecule has 0 aliphatic rings. The second-order valence-corrected chi connectivity index (χ2v) is 6.33. The van der Waals surface area contributed by atoms with Gasteiger partial charge >= 0.3 is 0 Å². The van der Waals surface area contributed by atoms with Crippen molar-refractivity contribution in [3.05, 3.63) is 53.5 Å². The SMILES string of the molecule is CCNC(=NCc1ccc(OCC)c(C)c1)NCC(C)(O)c1ccco1.I. The molecule has 6 nitrogen and oxygen atoms in total. The summed E-state index contributed by atoms with van der Waals surface area (Å²) < 4.78 is 10.9. The maximum atomic E-state index is 10.5. The van der Waals surface area contributed by atoms with E-state index in [-0.39, 0.29) is 30.5 Å². The Morgan fingerprint density at radius 3 is 2.63 bits per heavy atom. The second kappa shape index (κ2) is 11.2. The lowest BCUT2D eigenvalue weighted by Gasteiger charge is -2.22. The Balaban J connectivity index is 0.00000364. The summed E-state index contributed by atoms with van der Waals surface area (Å²) in [6.45, 7) is 9.92. The zero-order valence-corrected chi connectivity index (χ0v) is 18.7. The van der Waals surface area contributed by atoms with Crippen LogP contribution in [0.25, 0.3) is 0 Å². The van der Waals surface area contributed by atoms with Gasteiger partial charge in [-0.05, 0) is 57.0 Å². The Morgan fingerprint density at radius 1 is 1.26 bits per heavy atom. The monoisotopic (exact) mass is 487 g/mol. The van der Waals surface area contributed by atoms with Crippen molar-refractivity contribution in [2.75, 3.05) is 19.7 Å². The molecule has 0 aliphatic heterocycles. The summed E-state index contributed by atoms with van der Waals surface area (Å²) in [5.41, 5.74) is 1.08. The molecule has 1 atom stereocenters. The number of halogens is 1. The fourth-order valence-corrected chi connectivity index (χ4v) is 2.57. The number of aliphatic imine (C=N–C) groups is 1. The summed E-state index contributed by atoms with van der Waals surface area (Å²) in [5, 5.41) is 16.9. The normalized spacial score (nSPS) is 13.4. The van der Waals surface area contributed by atoms with Crippen LogP contribution >= 0.6 is 24.0 Å². The van der Waals surface area contributed by atoms with Gasteiger partial charge in [0, 0.05) is 6.54 Å². The van der Waals surface area contributed by atoms with E-state index in [2.05, 4.69) is 21.7 Å². The Labute approximate surface area is 178 Å². The quantitative estimate of drug-likeness (QED) is 0.302. The van der Waals surface area contributed by atoms with Crippen LogP contribution in [0.15, 0.2) is 46.0 Å². The highest BCUT2D eigenvalue weighted by Crippen LogP contribution is 2.20. The summed E-state index contributed by atoms with van der Waals surface area (Å²) in [6, 6.07) is 9.60. The molecule has 0 radical (unpaired) electrons. The minimum atomic E-state index is -1.12. The van der Waals surface area contributed by atoms with Crippen LogP contribution in [0.2, 0.25) is 0 Å². The first-order valence-corrected chi connectivity index (χ1v) is 8.97. The largest absolute Gasteiger partial charge is 0.494 e. The summed E-state index contributed by atoms with van der Waals surface area (Å²) >= 11 is 0. The number of benzene rings is 1. The lowest BCUT2D eigenvalue weighted by Crippen LogP contribution is -2.44. The van der Waals surface area contributed by atoms with Crippen molar-refractivity contribution >= 4 is 29.9 Å². The lowest BCUT2D eigenvalue weighted by atomic mass is 10.0. The Hall–Kier alpha value is -1.74. The molecule has 3 N–H and O–H groups in total. The van der Waals surface area contributed by atoms with Gasteiger partial charge in [0.05, 0.1) is 26.0 Å². The Morgan fingerprint density at radius 2 is 2.04 bits per heavy atom. The van der Waals surface area contributed by atoms with Gasteiger partial charge in [-0.15, -0.1) is 24.0 Å². The number of aliphatic hydroxyl groups is 1. The van der Waals surface area contributed by atoms with Crippen molar-refractivity contribution in [3.63, 3.8) is 0 Å². The summed E-state index contributed by atoms with van der Waals surface area (Å²) in [6.07, 6.45) is 1.55. The Bertz CT molecular complexity index is 715. The van der Waals surface area contributed by atoms with E-state index < -0.39 is 5.60 Å². The molecule has 2 aromatic rings. The van der Waals surface area contributed by atoms with Gasteiger partial charge in [0.25, 0.3) is 0 Å². The van der Waals surface area contributed by atoms with Crippen LogP contribution in [-0.4, -0.2) is 30.8 Å². The fraction of sp³-hybridized carbons (Fsp3) is 0.450. The fourth-order valence-electron chi connectivity index (χ4n) is 2.57. The molecule has 1 aromatic heterocycles. The molecule has 0 spiro atoms. The molecule has 7 heteroatoms. The maximum absolute atomic E-state index is 10.5. The minimum Gasteiger partial charge on any atom is -0.494 e. The molecular formula is C20H30IN3O3. The lowest BCUT2D eigenvalue weighted by molar-refractivity contribution is 0.0386. The van der Waals surface area contributed by atoms with Crippen LogP contribution in [0.3, 0.4) is 0 Å². The summed E-state index contributed by atoms with van der Waals surface area (Å²) in [4.78, 5) is 4.60. The third-order valence-corrected chi connectivity index (χ3v) is 3.96. The molecule has 0 saturated carbocycles. The van der Waals surface area contributed by atoms with Crippen LogP contribution in [-0.2, 0) is 12.1 Å². The highest BCUT2D eigenvalue weighted by molar-refractivity contribution is 14.0. The zero-order chi connectivity index (χ0) is 19.0. The highest BCUT2D eigenvalue weighted by atomic mass is 127. The molecule has 27 heavy (non-hydrogen) atoms. The van der Waals surface area contributed by atoms with Crippen LogP contribution in [0.1, 0.15) is 37.7 Å². The number of nitrogens with one attached hydrogen (secondary N) is 2. The molecule has 0 bridgehead atoms. The van der Waals surface area contributed by atoms with Gasteiger partial charge in [0.1, 0.15) is 17.1 Å². The van der Waals surface area contributed by atoms with Gasteiger partial charge in [-0.1, -0.05) is 12.1 Å². The van der Waals surface area contributed by atoms with Crippen molar-refractivity contribution in [3.8, 4) is 5.75 Å². The average Bonchev–Trinajstić information content (AvgIpc) is 3.15. The number of guanidine groups is 1. The van der Waals surface area contributed by atoms with Crippen molar-refractivity contribution in [1.29, 1.82) is 0 Å². The summed E-state index contributed by atoms with van der Waals surface area (Å²) in [7, 11) is 0. The van der Waals surface area contributed by atoms with Crippen molar-refractivity contribution in [2.45, 2.75) is 39.8 Å². The predicted octanol–water partition coefficient (Wildman–Crippen LogP) is 3.57. The van der Waals surface area contributed by atoms with Gasteiger partial charge in [0.15, 0.2) is 5.96 Å². The number of ether oxygens (including phenoxy) is 1. The average molecular weight is 487 g/mol. The van der Waals surface area contributed by atoms with E-state index in [1.54, 1.807) is 25.3 Å². The number of nitrogens with zero attached hydrogens (tertiary/aromatic N) is 1. The molecule has 0 fully saturated rings. The van der Waals surface area contributed by atoms with Crippen LogP contribution in [0.4, 0.5) is 0 Å². The molecular weight excluding hydrogens is 457 g/mol. The Kier molecular flexibility index (Phi) is 9.65. The van der Waals surface area contributed by atoms with E-state index in [1.807, 2.05) is 32.9 Å². The predicted molar refractivity (Wildman–Crippen MR) is 119 cm³/mol. The van der Waals surface area contributed by atoms with Gasteiger partial charge in [0.2, 0.25) is 0 Å². The highest BCUT2D eigenvalue weighted by Gasteiger charge is 2.26. The number of furan rings is 1. The molecule has 1 unspecified atom stereocenters. The first kappa shape index (κ1) is 23.3. The van der Waals surface area contributed by atoms with E-state index in [4.69, 9.17) is 9.15 Å². The minimum absolute atomic E-state index is 0. The van der Waals surface area contributed by atoms with Crippen molar-refractivity contribution in [1.82, 2.24) is 10.6 Å². The maximum Gasteiger partial charge on any atom is 0.191 e. The van der Waals surface area contributed by atoms with Crippen LogP contribution in [0.5, 0.6) is 5.75 Å². The van der Waals surface area contributed by atoms with Crippen LogP contribution in [0, 0.1) is 6.92 Å². The van der Waals surface area contributed by atoms with E-state index in [9.17, 15) is 5.11 Å². The number of hydrogen-bond acceptors (Lipinski definition) is 4. The molecule has 1 aromatic carbocycles. The third kappa shape index (κ3) is 7.06. The second-order valence-electron chi connectivity index (χ2n) is 6.33. The standard InChI is InChI=1S/C20H29N3O3.HI/c1-5-21-19(23-14-20(4,24)18-8-7-11-26-18)22-13-16-9-10-17(25-6-2)15(3)12-16;/h7-12,24H,5-6,13-14H2,1-4H3,(H2,21,22,23);1H. The molecule has 2 rings (SSSR count). The molecule has 0 amide bonds. The first-order valence-electron chi connectivity index (χ1n) is 8.97. The molecule has 0 aliphatic carbocycles. The van der Waals surface area contributed by atoms with Crippen LogP contribution < -0.4 is 15.4 Å². The number of hydrogen-bond donors (Lipinski definition) is 3. The van der Waals surface area contributed by atoms with E-state index in [0.717, 1.165) is 23.4 Å². The molecule has 0 saturated heterocycles. The third-order valence-electron chi connectivity index (χ3n) is 3.96. The first-order chi connectivity index (χ1) is 12.5. The topological polar surface area (TPSA) is 79.0 Å². The van der Waals surface area contributed by atoms with Gasteiger partial charge in [-0.3, -0.25) is 0 Å². The van der Waals surface area contributed by atoms with Gasteiger partial charge < -0.3 is 24.9 Å². The molecule has 1 heterocycles. The van der Waals surface area contributed by atoms with Gasteiger partial charge in [-0.25, -0.2) is 4.99 Å². The van der Waals surface area contributed by atoms with Gasteiger partial charge in [-0.2, -0.15) is 0 Å². The number of rotatable bonds is 8.